The molecule has 0 saturated heterocycles. The van der Waals surface area contributed by atoms with Gasteiger partial charge in [-0.25, -0.2) is 15.0 Å². The summed E-state index contributed by atoms with van der Waals surface area (Å²) >= 11 is 6.58. The van der Waals surface area contributed by atoms with Gasteiger partial charge >= 0.3 is 5.97 Å². The number of carboxylic acid groups (broad SMARTS) is 1. The van der Waals surface area contributed by atoms with E-state index in [2.05, 4.69) is 10.6 Å². The highest BCUT2D eigenvalue weighted by Gasteiger charge is 2.28. The van der Waals surface area contributed by atoms with Crippen LogP contribution in [0, 0.1) is 11.7 Å². The third kappa shape index (κ3) is 5.64. The van der Waals surface area contributed by atoms with Gasteiger partial charge in [-0.2, -0.15) is 10.6 Å². The molecule has 36 heavy (non-hydrogen) atoms. The number of nitrogens with two attached hydrogens (primary N) is 2. The molecule has 3 aromatic carbocycles. The summed E-state index contributed by atoms with van der Waals surface area (Å²) < 4.78 is 13.9. The minimum absolute atomic E-state index is 0.272. The zero-order valence-corrected chi connectivity index (χ0v) is 20.2. The van der Waals surface area contributed by atoms with Crippen LogP contribution in [-0.4, -0.2) is 16.9 Å². The molecule has 0 spiro atoms. The molecular formula is C28H27ClFN4O2+. The Balaban J connectivity index is 1.92. The first-order valence-electron chi connectivity index (χ1n) is 11.5. The Bertz CT molecular complexity index is 1340. The van der Waals surface area contributed by atoms with Crippen molar-refractivity contribution in [2.45, 2.75) is 19.3 Å². The second-order valence-corrected chi connectivity index (χ2v) is 9.00. The lowest BCUT2D eigenvalue weighted by atomic mass is 9.73. The first kappa shape index (κ1) is 25.2. The number of aliphatic carboxylic acids is 1. The molecule has 7 N–H and O–H groups in total. The average molecular weight is 506 g/mol. The first-order chi connectivity index (χ1) is 17.4. The van der Waals surface area contributed by atoms with Gasteiger partial charge in [-0.05, 0) is 82.5 Å². The fourth-order valence-corrected chi connectivity index (χ4v) is 4.61. The van der Waals surface area contributed by atoms with Gasteiger partial charge in [0.2, 0.25) is 0 Å². The van der Waals surface area contributed by atoms with Crippen molar-refractivity contribution in [3.63, 3.8) is 0 Å². The highest BCUT2D eigenvalue weighted by Crippen LogP contribution is 2.46. The third-order valence-corrected chi connectivity index (χ3v) is 6.63. The van der Waals surface area contributed by atoms with Gasteiger partial charge in [0.15, 0.2) is 0 Å². The van der Waals surface area contributed by atoms with Crippen LogP contribution < -0.4 is 22.2 Å². The summed E-state index contributed by atoms with van der Waals surface area (Å²) in [6, 6.07) is 19.9. The molecule has 0 aliphatic heterocycles. The van der Waals surface area contributed by atoms with E-state index in [0.717, 1.165) is 64.3 Å². The van der Waals surface area contributed by atoms with E-state index in [4.69, 9.17) is 28.3 Å². The quantitative estimate of drug-likeness (QED) is 0.0802. The second-order valence-electron chi connectivity index (χ2n) is 8.59. The zero-order chi connectivity index (χ0) is 25.7. The maximum absolute atomic E-state index is 13.9. The van der Waals surface area contributed by atoms with Gasteiger partial charge in [-0.3, -0.25) is 5.73 Å². The number of benzene rings is 3. The topological polar surface area (TPSA) is 115 Å². The Kier molecular flexibility index (Phi) is 7.83. The summed E-state index contributed by atoms with van der Waals surface area (Å²) in [6.45, 7) is 0. The number of hydrogen-bond donors (Lipinski definition) is 5. The molecule has 3 aromatic rings. The fourth-order valence-electron chi connectivity index (χ4n) is 4.34. The molecule has 4 rings (SSSR count). The van der Waals surface area contributed by atoms with Crippen molar-refractivity contribution in [2.24, 2.45) is 17.5 Å². The molecular weight excluding hydrogens is 479 g/mol. The number of nitrogen functional groups attached to an aromatic ring is 1. The molecule has 0 atom stereocenters. The maximum Gasteiger partial charge on any atom is 0.328 e. The summed E-state index contributed by atoms with van der Waals surface area (Å²) in [4.78, 5) is 10.9. The number of hydrazine groups is 2. The van der Waals surface area contributed by atoms with Gasteiger partial charge in [0.05, 0.1) is 10.6 Å². The van der Waals surface area contributed by atoms with E-state index in [9.17, 15) is 9.18 Å². The number of amidine groups is 1. The molecule has 0 aromatic heterocycles. The smallest absolute Gasteiger partial charge is 0.328 e. The standard InChI is InChI=1S/C28H26ClFN4O2/c29-24-16-22(30)13-14-23(24)27(18-2-1-3-18)26(19-7-4-17(5-8-19)6-15-25(35)36)20-9-11-21(12-10-20)28(31)33-34-32/h4-16,18,34H,1-3,32H2,(H2,31,33)(H,35,36)/p+1/b15-6+,27-26+. The van der Waals surface area contributed by atoms with Crippen LogP contribution in [0.3, 0.4) is 0 Å². The number of nitrogens with one attached hydrogen (secondary N) is 2. The molecule has 1 saturated carbocycles. The number of allylic oxidation sites excluding steroid dienone is 1. The molecule has 0 heterocycles. The predicted octanol–water partition coefficient (Wildman–Crippen LogP) is 3.50. The van der Waals surface area contributed by atoms with Crippen LogP contribution in [0.2, 0.25) is 5.02 Å². The van der Waals surface area contributed by atoms with Crippen LogP contribution >= 0.6 is 11.6 Å². The number of carboxylic acids is 1. The molecule has 184 valence electrons. The predicted molar refractivity (Wildman–Crippen MR) is 141 cm³/mol. The fraction of sp³-hybridized carbons (Fsp3) is 0.143. The Labute approximate surface area is 213 Å². The summed E-state index contributed by atoms with van der Waals surface area (Å²) in [5.41, 5.74) is 14.6. The number of hydrazone groups is 1. The minimum atomic E-state index is -1.01. The highest BCUT2D eigenvalue weighted by atomic mass is 35.5. The molecule has 1 aliphatic carbocycles. The van der Waals surface area contributed by atoms with Crippen LogP contribution in [0.25, 0.3) is 17.2 Å². The first-order valence-corrected chi connectivity index (χ1v) is 11.9. The zero-order valence-electron chi connectivity index (χ0n) is 19.5. The van der Waals surface area contributed by atoms with Gasteiger partial charge in [0.1, 0.15) is 5.82 Å². The average Bonchev–Trinajstić information content (AvgIpc) is 2.83. The number of rotatable bonds is 8. The summed E-state index contributed by atoms with van der Waals surface area (Å²) in [5.74, 6) is 4.57. The SMILES string of the molecule is NN/[NH+]=C(\N)c1ccc(/C(=C(/c2ccc(F)cc2Cl)C2CCC2)c2ccc(/C=C/C(=O)O)cc2)cc1. The molecule has 1 aliphatic rings. The molecule has 0 amide bonds. The third-order valence-electron chi connectivity index (χ3n) is 6.31. The molecule has 0 radical (unpaired) electrons. The van der Waals surface area contributed by atoms with Gasteiger partial charge in [-0.15, -0.1) is 0 Å². The van der Waals surface area contributed by atoms with Crippen molar-refractivity contribution in [1.82, 2.24) is 5.53 Å². The number of hydrogen-bond acceptors (Lipinski definition) is 3. The van der Waals surface area contributed by atoms with E-state index < -0.39 is 5.97 Å². The van der Waals surface area contributed by atoms with E-state index in [0.29, 0.717) is 10.9 Å². The number of carbonyl (C=O) groups is 1. The van der Waals surface area contributed by atoms with Crippen LogP contribution in [0.15, 0.2) is 72.8 Å². The van der Waals surface area contributed by atoms with Crippen molar-refractivity contribution >= 4 is 40.6 Å². The van der Waals surface area contributed by atoms with E-state index in [1.54, 1.807) is 12.1 Å². The lowest BCUT2D eigenvalue weighted by Crippen LogP contribution is -2.87. The van der Waals surface area contributed by atoms with Gasteiger partial charge in [0.25, 0.3) is 5.84 Å². The van der Waals surface area contributed by atoms with Crippen molar-refractivity contribution < 1.29 is 19.4 Å². The van der Waals surface area contributed by atoms with Crippen molar-refractivity contribution in [2.75, 3.05) is 0 Å². The highest BCUT2D eigenvalue weighted by molar-refractivity contribution is 6.32. The monoisotopic (exact) mass is 505 g/mol. The minimum Gasteiger partial charge on any atom is -0.478 e. The maximum atomic E-state index is 13.9. The molecule has 0 unspecified atom stereocenters. The summed E-state index contributed by atoms with van der Waals surface area (Å²) in [6.07, 6.45) is 5.79. The van der Waals surface area contributed by atoms with Gasteiger partial charge in [-0.1, -0.05) is 60.5 Å². The lowest BCUT2D eigenvalue weighted by molar-refractivity contribution is -0.528. The number of halogens is 2. The van der Waals surface area contributed by atoms with E-state index in [-0.39, 0.29) is 11.7 Å². The molecule has 1 fully saturated rings. The van der Waals surface area contributed by atoms with Crippen molar-refractivity contribution in [3.05, 3.63) is 111 Å². The molecule has 0 bridgehead atoms. The van der Waals surface area contributed by atoms with Crippen molar-refractivity contribution in [3.8, 4) is 0 Å². The molecule has 8 heteroatoms. The van der Waals surface area contributed by atoms with Gasteiger partial charge in [0, 0.05) is 6.08 Å². The largest absolute Gasteiger partial charge is 0.478 e. The van der Waals surface area contributed by atoms with E-state index in [1.807, 2.05) is 48.5 Å². The Morgan fingerprint density at radius 3 is 2.17 bits per heavy atom. The second kappa shape index (κ2) is 11.2. The van der Waals surface area contributed by atoms with Crippen LogP contribution in [0.5, 0.6) is 0 Å². The van der Waals surface area contributed by atoms with Gasteiger partial charge < -0.3 is 5.11 Å². The van der Waals surface area contributed by atoms with E-state index in [1.165, 1.54) is 12.1 Å². The summed E-state index contributed by atoms with van der Waals surface area (Å²) in [7, 11) is 0. The Morgan fingerprint density at radius 1 is 1.03 bits per heavy atom. The van der Waals surface area contributed by atoms with Crippen LogP contribution in [0.4, 0.5) is 4.39 Å². The Morgan fingerprint density at radius 2 is 1.64 bits per heavy atom. The lowest BCUT2D eigenvalue weighted by Gasteiger charge is -2.32. The summed E-state index contributed by atoms with van der Waals surface area (Å²) in [5, 5.41) is 12.0. The normalized spacial score (nSPS) is 14.9. The van der Waals surface area contributed by atoms with Crippen molar-refractivity contribution in [1.29, 1.82) is 0 Å². The van der Waals surface area contributed by atoms with Crippen LogP contribution in [-0.2, 0) is 4.79 Å². The molecule has 6 nitrogen and oxygen atoms in total. The van der Waals surface area contributed by atoms with E-state index >= 15 is 0 Å². The Hall–Kier alpha value is -3.94. The van der Waals surface area contributed by atoms with Crippen LogP contribution in [0.1, 0.15) is 47.1 Å².